The molecule has 15 heteroatoms. The summed E-state index contributed by atoms with van der Waals surface area (Å²) in [5, 5.41) is 23.2. The molecule has 59 heavy (non-hydrogen) atoms. The minimum atomic E-state index is 0.0585. The molecule has 0 aliphatic carbocycles. The summed E-state index contributed by atoms with van der Waals surface area (Å²) in [6.45, 7) is 2.53. The van der Waals surface area contributed by atoms with Crippen molar-refractivity contribution in [3.63, 3.8) is 0 Å². The molecule has 7 rings (SSSR count). The third-order valence-corrected chi connectivity index (χ3v) is 11.6. The highest BCUT2D eigenvalue weighted by atomic mass is 79.9. The SMILES string of the molecule is COc1cc(-c2cccc(-c3cccc(COc4nc(OCc5cncc(C#N)c5)c(CNC[C@@H]5CCC(=O)N5)cc4Br)c3Cl)c2Cl)ccc1CNC[C@@H]1CCC(=O)N1. The summed E-state index contributed by atoms with van der Waals surface area (Å²) < 4.78 is 18.9. The van der Waals surface area contributed by atoms with Gasteiger partial charge in [-0.25, -0.2) is 0 Å². The maximum atomic E-state index is 11.7. The van der Waals surface area contributed by atoms with Crippen LogP contribution in [0, 0.1) is 11.3 Å². The molecule has 304 valence electrons. The van der Waals surface area contributed by atoms with Gasteiger partial charge < -0.3 is 35.5 Å². The summed E-state index contributed by atoms with van der Waals surface area (Å²) >= 11 is 17.9. The number of nitrogens with one attached hydrogen (secondary N) is 4. The lowest BCUT2D eigenvalue weighted by Crippen LogP contribution is -2.35. The van der Waals surface area contributed by atoms with Gasteiger partial charge in [-0.05, 0) is 52.5 Å². The number of nitrogens with zero attached hydrogens (tertiary/aromatic N) is 3. The Balaban J connectivity index is 1.07. The van der Waals surface area contributed by atoms with Crippen LogP contribution < -0.4 is 35.5 Å². The molecule has 2 saturated heterocycles. The average molecular weight is 900 g/mol. The lowest BCUT2D eigenvalue weighted by atomic mass is 9.96. The van der Waals surface area contributed by atoms with Crippen molar-refractivity contribution in [2.45, 2.75) is 64.1 Å². The van der Waals surface area contributed by atoms with E-state index in [0.29, 0.717) is 76.4 Å². The Morgan fingerprint density at radius 3 is 2.14 bits per heavy atom. The van der Waals surface area contributed by atoms with E-state index in [2.05, 4.69) is 48.3 Å². The number of rotatable bonds is 17. The van der Waals surface area contributed by atoms with Crippen molar-refractivity contribution in [1.82, 2.24) is 31.2 Å². The molecule has 3 aromatic carbocycles. The van der Waals surface area contributed by atoms with Crippen LogP contribution in [-0.4, -0.2) is 54.1 Å². The summed E-state index contributed by atoms with van der Waals surface area (Å²) in [7, 11) is 1.65. The van der Waals surface area contributed by atoms with Gasteiger partial charge in [-0.3, -0.25) is 14.6 Å². The van der Waals surface area contributed by atoms with Gasteiger partial charge in [0.25, 0.3) is 0 Å². The summed E-state index contributed by atoms with van der Waals surface area (Å²) in [6, 6.07) is 23.5. The minimum absolute atomic E-state index is 0.0585. The largest absolute Gasteiger partial charge is 0.496 e. The maximum Gasteiger partial charge on any atom is 0.231 e. The van der Waals surface area contributed by atoms with Crippen molar-refractivity contribution < 1.29 is 23.8 Å². The molecule has 4 N–H and O–H groups in total. The molecule has 4 heterocycles. The average Bonchev–Trinajstić information content (AvgIpc) is 3.87. The smallest absolute Gasteiger partial charge is 0.231 e. The van der Waals surface area contributed by atoms with Gasteiger partial charge in [0.05, 0.1) is 27.2 Å². The van der Waals surface area contributed by atoms with Gasteiger partial charge in [-0.2, -0.15) is 10.2 Å². The van der Waals surface area contributed by atoms with Crippen molar-refractivity contribution in [3.05, 3.63) is 121 Å². The van der Waals surface area contributed by atoms with E-state index in [9.17, 15) is 14.9 Å². The van der Waals surface area contributed by atoms with Gasteiger partial charge in [0, 0.05) is 102 Å². The molecular weight excluding hydrogens is 857 g/mol. The number of halogens is 3. The number of pyridine rings is 2. The first-order valence-corrected chi connectivity index (χ1v) is 20.8. The molecule has 0 unspecified atom stereocenters. The molecule has 0 bridgehead atoms. The van der Waals surface area contributed by atoms with E-state index in [1.54, 1.807) is 19.4 Å². The van der Waals surface area contributed by atoms with Crippen molar-refractivity contribution >= 4 is 50.9 Å². The summed E-state index contributed by atoms with van der Waals surface area (Å²) in [6.07, 6.45) is 5.84. The van der Waals surface area contributed by atoms with E-state index < -0.39 is 0 Å². The minimum Gasteiger partial charge on any atom is -0.496 e. The van der Waals surface area contributed by atoms with E-state index in [0.717, 1.165) is 57.5 Å². The molecule has 2 aliphatic heterocycles. The van der Waals surface area contributed by atoms with E-state index in [4.69, 9.17) is 42.4 Å². The molecule has 12 nitrogen and oxygen atoms in total. The second-order valence-electron chi connectivity index (χ2n) is 14.4. The highest BCUT2D eigenvalue weighted by molar-refractivity contribution is 9.10. The Morgan fingerprint density at radius 1 is 0.797 bits per heavy atom. The van der Waals surface area contributed by atoms with Gasteiger partial charge >= 0.3 is 0 Å². The van der Waals surface area contributed by atoms with Crippen LogP contribution in [0.2, 0.25) is 10.0 Å². The van der Waals surface area contributed by atoms with Crippen LogP contribution in [0.5, 0.6) is 17.5 Å². The fraction of sp³-hybridized carbons (Fsp3) is 0.295. The Bertz CT molecular complexity index is 2390. The van der Waals surface area contributed by atoms with Gasteiger partial charge in [0.1, 0.15) is 25.0 Å². The number of ether oxygens (including phenoxy) is 3. The zero-order valence-corrected chi connectivity index (χ0v) is 35.3. The number of nitriles is 1. The number of carbonyl (C=O) groups is 2. The second-order valence-corrected chi connectivity index (χ2v) is 16.0. The number of benzene rings is 3. The molecule has 5 aromatic rings. The number of methoxy groups -OCH3 is 1. The van der Waals surface area contributed by atoms with Crippen LogP contribution in [0.25, 0.3) is 22.3 Å². The Hall–Kier alpha value is -5.23. The van der Waals surface area contributed by atoms with Gasteiger partial charge in [0.15, 0.2) is 0 Å². The zero-order chi connectivity index (χ0) is 41.3. The fourth-order valence-corrected chi connectivity index (χ4v) is 8.21. The van der Waals surface area contributed by atoms with E-state index >= 15 is 0 Å². The Kier molecular flexibility index (Phi) is 14.0. The number of carbonyl (C=O) groups excluding carboxylic acids is 2. The molecule has 2 aromatic heterocycles. The number of hydrogen-bond acceptors (Lipinski definition) is 10. The second kappa shape index (κ2) is 19.7. The van der Waals surface area contributed by atoms with Crippen LogP contribution in [0.4, 0.5) is 0 Å². The summed E-state index contributed by atoms with van der Waals surface area (Å²) in [5.74, 6) is 1.53. The van der Waals surface area contributed by atoms with Gasteiger partial charge in [-0.15, -0.1) is 0 Å². The highest BCUT2D eigenvalue weighted by Crippen LogP contribution is 2.41. The first kappa shape index (κ1) is 41.9. The first-order valence-electron chi connectivity index (χ1n) is 19.2. The molecule has 0 spiro atoms. The lowest BCUT2D eigenvalue weighted by Gasteiger charge is -2.17. The van der Waals surface area contributed by atoms with Crippen LogP contribution in [0.3, 0.4) is 0 Å². The highest BCUT2D eigenvalue weighted by Gasteiger charge is 2.23. The van der Waals surface area contributed by atoms with E-state index in [1.807, 2.05) is 60.7 Å². The Morgan fingerprint density at radius 2 is 1.46 bits per heavy atom. The molecular formula is C44H42BrCl2N7O5. The van der Waals surface area contributed by atoms with Crippen LogP contribution >= 0.6 is 39.1 Å². The molecule has 0 radical (unpaired) electrons. The quantitative estimate of drug-likeness (QED) is 0.0731. The maximum absolute atomic E-state index is 11.7. The first-order chi connectivity index (χ1) is 28.7. The van der Waals surface area contributed by atoms with Crippen LogP contribution in [-0.2, 0) is 35.9 Å². The topological polar surface area (TPSA) is 160 Å². The molecule has 2 atom stereocenters. The number of amides is 2. The van der Waals surface area contributed by atoms with Gasteiger partial charge in [0.2, 0.25) is 23.6 Å². The van der Waals surface area contributed by atoms with Gasteiger partial charge in [-0.1, -0.05) is 71.7 Å². The van der Waals surface area contributed by atoms with Crippen molar-refractivity contribution in [2.24, 2.45) is 0 Å². The number of aromatic nitrogens is 2. The van der Waals surface area contributed by atoms with Crippen molar-refractivity contribution in [2.75, 3.05) is 20.2 Å². The number of hydrogen-bond donors (Lipinski definition) is 4. The zero-order valence-electron chi connectivity index (χ0n) is 32.2. The van der Waals surface area contributed by atoms with Crippen LogP contribution in [0.1, 0.15) is 53.5 Å². The summed E-state index contributed by atoms with van der Waals surface area (Å²) in [5.41, 5.74) is 6.86. The third-order valence-electron chi connectivity index (χ3n) is 10.2. The fourth-order valence-electron chi connectivity index (χ4n) is 7.12. The summed E-state index contributed by atoms with van der Waals surface area (Å²) in [4.78, 5) is 32.2. The standard InChI is InChI=1S/C44H42BrCl2N7O5/c1-57-38-16-28(8-9-29(38)20-50-22-32-10-12-39(55)52-32)34-5-3-7-36(42(34)47)35-6-2-4-30(41(35)46)25-59-44-37(45)15-31(21-51-23-33-11-13-40(56)53-33)43(54-44)58-24-27-14-26(17-48)18-49-19-27/h2-9,14-16,18-19,32-33,50-51H,10-13,20-25H2,1H3,(H,52,55)(H,53,56)/t32-,33-/m0/s1. The molecule has 2 aliphatic rings. The van der Waals surface area contributed by atoms with Crippen LogP contribution in [0.15, 0.2) is 83.6 Å². The normalized spacial score (nSPS) is 16.1. The Labute approximate surface area is 361 Å². The molecule has 0 saturated carbocycles. The van der Waals surface area contributed by atoms with Crippen molar-refractivity contribution in [3.8, 4) is 45.8 Å². The molecule has 2 fully saturated rings. The predicted molar refractivity (Wildman–Crippen MR) is 229 cm³/mol. The van der Waals surface area contributed by atoms with Crippen molar-refractivity contribution in [1.29, 1.82) is 5.26 Å². The monoisotopic (exact) mass is 897 g/mol. The van der Waals surface area contributed by atoms with E-state index in [-0.39, 0.29) is 37.1 Å². The lowest BCUT2D eigenvalue weighted by molar-refractivity contribution is -0.120. The van der Waals surface area contributed by atoms with E-state index in [1.165, 1.54) is 6.20 Å². The predicted octanol–water partition coefficient (Wildman–Crippen LogP) is 7.65. The third kappa shape index (κ3) is 10.5. The molecule has 2 amide bonds.